The summed E-state index contributed by atoms with van der Waals surface area (Å²) < 4.78 is 37.6. The molecule has 1 aromatic carbocycles. The van der Waals surface area contributed by atoms with Crippen LogP contribution in [0, 0.1) is 5.82 Å². The Hall–Kier alpha value is -1.02. The molecule has 1 unspecified atom stereocenters. The SMILES string of the molecule is CN(CC(O)CN)S(=O)(=O)c1ccc(F)cc1. The minimum absolute atomic E-state index is 0.0226. The number of sulfonamides is 1. The summed E-state index contributed by atoms with van der Waals surface area (Å²) in [6.45, 7) is -0.126. The van der Waals surface area contributed by atoms with Gasteiger partial charge in [-0.25, -0.2) is 12.8 Å². The van der Waals surface area contributed by atoms with Crippen LogP contribution < -0.4 is 5.73 Å². The number of hydrogen-bond acceptors (Lipinski definition) is 4. The summed E-state index contributed by atoms with van der Waals surface area (Å²) in [5.41, 5.74) is 5.20. The van der Waals surface area contributed by atoms with Crippen LogP contribution in [-0.2, 0) is 10.0 Å². The number of hydrogen-bond donors (Lipinski definition) is 2. The van der Waals surface area contributed by atoms with Crippen molar-refractivity contribution in [3.63, 3.8) is 0 Å². The second-order valence-corrected chi connectivity index (χ2v) is 5.67. The lowest BCUT2D eigenvalue weighted by Gasteiger charge is -2.19. The first-order valence-electron chi connectivity index (χ1n) is 4.98. The van der Waals surface area contributed by atoms with Crippen molar-refractivity contribution in [2.45, 2.75) is 11.0 Å². The molecule has 0 aromatic heterocycles. The summed E-state index contributed by atoms with van der Waals surface area (Å²) in [4.78, 5) is -0.0226. The molecule has 0 bridgehead atoms. The van der Waals surface area contributed by atoms with Crippen molar-refractivity contribution >= 4 is 10.0 Å². The van der Waals surface area contributed by atoms with E-state index in [4.69, 9.17) is 5.73 Å². The third-order valence-electron chi connectivity index (χ3n) is 2.26. The molecule has 0 saturated carbocycles. The number of halogens is 1. The Morgan fingerprint density at radius 3 is 2.41 bits per heavy atom. The van der Waals surface area contributed by atoms with Crippen LogP contribution in [0.25, 0.3) is 0 Å². The molecule has 0 aliphatic carbocycles. The van der Waals surface area contributed by atoms with Gasteiger partial charge in [0.25, 0.3) is 0 Å². The van der Waals surface area contributed by atoms with E-state index in [1.807, 2.05) is 0 Å². The normalized spacial score (nSPS) is 13.9. The Bertz CT molecular complexity index is 461. The molecule has 1 rings (SSSR count). The summed E-state index contributed by atoms with van der Waals surface area (Å²) >= 11 is 0. The van der Waals surface area contributed by atoms with Crippen LogP contribution >= 0.6 is 0 Å². The number of nitrogens with two attached hydrogens (primary N) is 1. The first-order chi connectivity index (χ1) is 7.87. The van der Waals surface area contributed by atoms with Crippen LogP contribution in [0.15, 0.2) is 29.2 Å². The number of nitrogens with zero attached hydrogens (tertiary/aromatic N) is 1. The van der Waals surface area contributed by atoms with Gasteiger partial charge < -0.3 is 10.8 Å². The number of aliphatic hydroxyl groups excluding tert-OH is 1. The molecule has 1 aromatic rings. The molecule has 0 amide bonds. The van der Waals surface area contributed by atoms with Gasteiger partial charge in [0.2, 0.25) is 10.0 Å². The van der Waals surface area contributed by atoms with E-state index in [-0.39, 0.29) is 18.0 Å². The van der Waals surface area contributed by atoms with Crippen LogP contribution in [0.4, 0.5) is 4.39 Å². The molecule has 5 nitrogen and oxygen atoms in total. The first-order valence-corrected chi connectivity index (χ1v) is 6.42. The van der Waals surface area contributed by atoms with Crippen LogP contribution in [0.1, 0.15) is 0 Å². The van der Waals surface area contributed by atoms with Crippen molar-refractivity contribution in [2.24, 2.45) is 5.73 Å². The van der Waals surface area contributed by atoms with Crippen molar-refractivity contribution in [1.29, 1.82) is 0 Å². The quantitative estimate of drug-likeness (QED) is 0.767. The lowest BCUT2D eigenvalue weighted by Crippen LogP contribution is -2.37. The van der Waals surface area contributed by atoms with Crippen molar-refractivity contribution in [3.05, 3.63) is 30.1 Å². The van der Waals surface area contributed by atoms with Gasteiger partial charge in [0.1, 0.15) is 5.82 Å². The van der Waals surface area contributed by atoms with Gasteiger partial charge in [-0.05, 0) is 24.3 Å². The molecule has 17 heavy (non-hydrogen) atoms. The molecule has 1 atom stereocenters. The maximum absolute atomic E-state index is 12.7. The highest BCUT2D eigenvalue weighted by atomic mass is 32.2. The summed E-state index contributed by atoms with van der Waals surface area (Å²) in [6.07, 6.45) is -0.921. The number of likely N-dealkylation sites (N-methyl/N-ethyl adjacent to an activating group) is 1. The van der Waals surface area contributed by atoms with Crippen LogP contribution in [0.2, 0.25) is 0 Å². The summed E-state index contributed by atoms with van der Waals surface area (Å²) in [5.74, 6) is -0.506. The second kappa shape index (κ2) is 5.54. The highest BCUT2D eigenvalue weighted by molar-refractivity contribution is 7.89. The molecule has 0 heterocycles. The zero-order valence-corrected chi connectivity index (χ0v) is 10.2. The molecular weight excluding hydrogens is 247 g/mol. The van der Waals surface area contributed by atoms with Crippen LogP contribution in [0.3, 0.4) is 0 Å². The van der Waals surface area contributed by atoms with Gasteiger partial charge in [-0.3, -0.25) is 0 Å². The zero-order valence-electron chi connectivity index (χ0n) is 9.38. The van der Waals surface area contributed by atoms with E-state index in [0.29, 0.717) is 0 Å². The van der Waals surface area contributed by atoms with Gasteiger partial charge >= 0.3 is 0 Å². The fraction of sp³-hybridized carbons (Fsp3) is 0.400. The van der Waals surface area contributed by atoms with Gasteiger partial charge in [0.05, 0.1) is 11.0 Å². The smallest absolute Gasteiger partial charge is 0.242 e. The summed E-state index contributed by atoms with van der Waals surface area (Å²) in [7, 11) is -2.38. The lowest BCUT2D eigenvalue weighted by molar-refractivity contribution is 0.160. The standard InChI is InChI=1S/C10H15FN2O3S/c1-13(7-9(14)6-12)17(15,16)10-4-2-8(11)3-5-10/h2-5,9,14H,6-7,12H2,1H3. The third-order valence-corrected chi connectivity index (χ3v) is 4.10. The molecule has 7 heteroatoms. The van der Waals surface area contributed by atoms with Gasteiger partial charge in [-0.2, -0.15) is 4.31 Å². The molecule has 3 N–H and O–H groups in total. The van der Waals surface area contributed by atoms with Gasteiger partial charge in [-0.15, -0.1) is 0 Å². The number of benzene rings is 1. The average Bonchev–Trinajstić information content (AvgIpc) is 2.29. The molecule has 0 fully saturated rings. The predicted molar refractivity (Wildman–Crippen MR) is 61.3 cm³/mol. The van der Waals surface area contributed by atoms with Gasteiger partial charge in [0.15, 0.2) is 0 Å². The molecular formula is C10H15FN2O3S. The average molecular weight is 262 g/mol. The zero-order chi connectivity index (χ0) is 13.1. The van der Waals surface area contributed by atoms with Gasteiger partial charge in [-0.1, -0.05) is 0 Å². The van der Waals surface area contributed by atoms with E-state index < -0.39 is 21.9 Å². The predicted octanol–water partition coefficient (Wildman–Crippen LogP) is -0.234. The van der Waals surface area contributed by atoms with Crippen molar-refractivity contribution in [1.82, 2.24) is 4.31 Å². The Morgan fingerprint density at radius 1 is 1.41 bits per heavy atom. The molecule has 0 spiro atoms. The first kappa shape index (κ1) is 14.0. The van der Waals surface area contributed by atoms with Crippen molar-refractivity contribution in [2.75, 3.05) is 20.1 Å². The van der Waals surface area contributed by atoms with E-state index in [9.17, 15) is 17.9 Å². The second-order valence-electron chi connectivity index (χ2n) is 3.63. The topological polar surface area (TPSA) is 83.6 Å². The van der Waals surface area contributed by atoms with Crippen LogP contribution in [-0.4, -0.2) is 44.1 Å². The highest BCUT2D eigenvalue weighted by Gasteiger charge is 2.22. The van der Waals surface area contributed by atoms with E-state index in [0.717, 1.165) is 16.4 Å². The maximum atomic E-state index is 12.7. The number of rotatable bonds is 5. The van der Waals surface area contributed by atoms with E-state index in [2.05, 4.69) is 0 Å². The fourth-order valence-electron chi connectivity index (χ4n) is 1.26. The lowest BCUT2D eigenvalue weighted by atomic mass is 10.3. The Morgan fingerprint density at radius 2 is 1.94 bits per heavy atom. The Kier molecular flexibility index (Phi) is 4.58. The number of aliphatic hydroxyl groups is 1. The maximum Gasteiger partial charge on any atom is 0.242 e. The molecule has 0 saturated heterocycles. The van der Waals surface area contributed by atoms with Crippen LogP contribution in [0.5, 0.6) is 0 Å². The molecule has 96 valence electrons. The highest BCUT2D eigenvalue weighted by Crippen LogP contribution is 2.14. The van der Waals surface area contributed by atoms with E-state index >= 15 is 0 Å². The van der Waals surface area contributed by atoms with E-state index in [1.54, 1.807) is 0 Å². The Balaban J connectivity index is 2.91. The Labute approximate surface area is 99.7 Å². The summed E-state index contributed by atoms with van der Waals surface area (Å²) in [5, 5.41) is 9.29. The van der Waals surface area contributed by atoms with E-state index in [1.165, 1.54) is 19.2 Å². The minimum atomic E-state index is -3.71. The monoisotopic (exact) mass is 262 g/mol. The minimum Gasteiger partial charge on any atom is -0.390 e. The fourth-order valence-corrected chi connectivity index (χ4v) is 2.46. The van der Waals surface area contributed by atoms with Gasteiger partial charge in [0, 0.05) is 20.1 Å². The molecule has 0 aliphatic heterocycles. The summed E-state index contributed by atoms with van der Waals surface area (Å²) in [6, 6.07) is 4.49. The molecule has 0 aliphatic rings. The largest absolute Gasteiger partial charge is 0.390 e. The van der Waals surface area contributed by atoms with Crippen molar-refractivity contribution in [3.8, 4) is 0 Å². The third kappa shape index (κ3) is 3.47. The molecule has 0 radical (unpaired) electrons. The van der Waals surface area contributed by atoms with Crippen molar-refractivity contribution < 1.29 is 17.9 Å².